The molecule has 1 aliphatic rings. The molecular weight excluding hydrogens is 342 g/mol. The van der Waals surface area contributed by atoms with Gasteiger partial charge in [0.2, 0.25) is 0 Å². The lowest BCUT2D eigenvalue weighted by Crippen LogP contribution is -2.32. The van der Waals surface area contributed by atoms with Crippen LogP contribution in [0.15, 0.2) is 48.5 Å². The normalized spacial score (nSPS) is 15.3. The highest BCUT2D eigenvalue weighted by molar-refractivity contribution is 7.99. The molecule has 0 spiro atoms. The molecule has 1 saturated heterocycles. The molecule has 0 atom stereocenters. The molecule has 0 saturated carbocycles. The van der Waals surface area contributed by atoms with E-state index >= 15 is 0 Å². The van der Waals surface area contributed by atoms with Gasteiger partial charge in [0, 0.05) is 42.3 Å². The first-order valence-electron chi connectivity index (χ1n) is 8.92. The Hall–Kier alpha value is -2.04. The van der Waals surface area contributed by atoms with Crippen LogP contribution in [0, 0.1) is 6.92 Å². The number of hydrogen-bond acceptors (Lipinski definition) is 4. The maximum Gasteiger partial charge on any atom is 0.185 e. The molecule has 1 fully saturated rings. The van der Waals surface area contributed by atoms with E-state index in [9.17, 15) is 4.79 Å². The lowest BCUT2D eigenvalue weighted by Gasteiger charge is -2.26. The fraction of sp³-hybridized carbons (Fsp3) is 0.318. The van der Waals surface area contributed by atoms with Crippen LogP contribution in [0.4, 0.5) is 0 Å². The SMILES string of the molecule is COc1ccc(/C=C/C(=O)c2ccc(C)cc2)cc1CN1CCSCC1. The number of carbonyl (C=O) groups is 1. The summed E-state index contributed by atoms with van der Waals surface area (Å²) in [5.41, 5.74) is 4.06. The maximum absolute atomic E-state index is 12.3. The first-order valence-corrected chi connectivity index (χ1v) is 10.1. The minimum Gasteiger partial charge on any atom is -0.496 e. The molecular formula is C22H25NO2S. The number of rotatable bonds is 6. The van der Waals surface area contributed by atoms with E-state index in [0.29, 0.717) is 5.56 Å². The molecule has 0 amide bonds. The van der Waals surface area contributed by atoms with Gasteiger partial charge in [-0.25, -0.2) is 0 Å². The summed E-state index contributed by atoms with van der Waals surface area (Å²) in [5, 5.41) is 0. The van der Waals surface area contributed by atoms with E-state index < -0.39 is 0 Å². The molecule has 4 heteroatoms. The zero-order valence-corrected chi connectivity index (χ0v) is 16.2. The molecule has 0 N–H and O–H groups in total. The van der Waals surface area contributed by atoms with E-state index in [1.54, 1.807) is 13.2 Å². The Kier molecular flexibility index (Phi) is 6.53. The predicted molar refractivity (Wildman–Crippen MR) is 110 cm³/mol. The Morgan fingerprint density at radius 2 is 1.88 bits per heavy atom. The molecule has 0 bridgehead atoms. The van der Waals surface area contributed by atoms with E-state index in [1.165, 1.54) is 17.1 Å². The Labute approximate surface area is 160 Å². The van der Waals surface area contributed by atoms with E-state index in [2.05, 4.69) is 11.0 Å². The summed E-state index contributed by atoms with van der Waals surface area (Å²) < 4.78 is 5.53. The highest BCUT2D eigenvalue weighted by atomic mass is 32.2. The average Bonchev–Trinajstić information content (AvgIpc) is 2.67. The van der Waals surface area contributed by atoms with Crippen LogP contribution in [-0.4, -0.2) is 42.4 Å². The second kappa shape index (κ2) is 9.06. The van der Waals surface area contributed by atoms with Crippen molar-refractivity contribution in [2.24, 2.45) is 0 Å². The molecule has 0 unspecified atom stereocenters. The minimum absolute atomic E-state index is 0.0235. The first-order chi connectivity index (χ1) is 12.7. The van der Waals surface area contributed by atoms with Crippen molar-refractivity contribution in [1.82, 2.24) is 4.90 Å². The van der Waals surface area contributed by atoms with Crippen molar-refractivity contribution < 1.29 is 9.53 Å². The van der Waals surface area contributed by atoms with Crippen LogP contribution >= 0.6 is 11.8 Å². The smallest absolute Gasteiger partial charge is 0.185 e. The number of aryl methyl sites for hydroxylation is 1. The van der Waals surface area contributed by atoms with Crippen LogP contribution in [-0.2, 0) is 6.54 Å². The van der Waals surface area contributed by atoms with Gasteiger partial charge >= 0.3 is 0 Å². The Morgan fingerprint density at radius 1 is 1.15 bits per heavy atom. The summed E-state index contributed by atoms with van der Waals surface area (Å²) in [6.07, 6.45) is 3.53. The highest BCUT2D eigenvalue weighted by Crippen LogP contribution is 2.24. The molecule has 3 nitrogen and oxygen atoms in total. The third kappa shape index (κ3) is 4.99. The molecule has 2 aromatic rings. The van der Waals surface area contributed by atoms with Crippen LogP contribution in [0.3, 0.4) is 0 Å². The molecule has 1 aliphatic heterocycles. The lowest BCUT2D eigenvalue weighted by atomic mass is 10.1. The monoisotopic (exact) mass is 367 g/mol. The lowest BCUT2D eigenvalue weighted by molar-refractivity contribution is 0.104. The third-order valence-electron chi connectivity index (χ3n) is 4.57. The van der Waals surface area contributed by atoms with Crippen molar-refractivity contribution in [2.75, 3.05) is 31.7 Å². The van der Waals surface area contributed by atoms with Gasteiger partial charge in [-0.15, -0.1) is 0 Å². The van der Waals surface area contributed by atoms with Gasteiger partial charge in [-0.1, -0.05) is 42.0 Å². The van der Waals surface area contributed by atoms with Crippen LogP contribution in [0.5, 0.6) is 5.75 Å². The largest absolute Gasteiger partial charge is 0.496 e. The second-order valence-corrected chi connectivity index (χ2v) is 7.75. The average molecular weight is 368 g/mol. The summed E-state index contributed by atoms with van der Waals surface area (Å²) >= 11 is 2.01. The van der Waals surface area contributed by atoms with Gasteiger partial charge in [0.05, 0.1) is 7.11 Å². The Balaban J connectivity index is 1.73. The van der Waals surface area contributed by atoms with Crippen molar-refractivity contribution in [3.8, 4) is 5.75 Å². The van der Waals surface area contributed by atoms with Crippen molar-refractivity contribution in [2.45, 2.75) is 13.5 Å². The summed E-state index contributed by atoms with van der Waals surface area (Å²) in [5.74, 6) is 3.31. The van der Waals surface area contributed by atoms with Crippen LogP contribution in [0.2, 0.25) is 0 Å². The number of benzene rings is 2. The van der Waals surface area contributed by atoms with Gasteiger partial charge in [-0.3, -0.25) is 9.69 Å². The van der Waals surface area contributed by atoms with Gasteiger partial charge in [-0.2, -0.15) is 11.8 Å². The van der Waals surface area contributed by atoms with Crippen molar-refractivity contribution in [3.05, 3.63) is 70.8 Å². The first kappa shape index (κ1) is 18.7. The molecule has 0 radical (unpaired) electrons. The van der Waals surface area contributed by atoms with Crippen LogP contribution in [0.25, 0.3) is 6.08 Å². The third-order valence-corrected chi connectivity index (χ3v) is 5.51. The van der Waals surface area contributed by atoms with E-state index in [-0.39, 0.29) is 5.78 Å². The topological polar surface area (TPSA) is 29.5 Å². The van der Waals surface area contributed by atoms with Crippen molar-refractivity contribution in [3.63, 3.8) is 0 Å². The number of thioether (sulfide) groups is 1. The summed E-state index contributed by atoms with van der Waals surface area (Å²) in [7, 11) is 1.71. The summed E-state index contributed by atoms with van der Waals surface area (Å²) in [6.45, 7) is 5.13. The van der Waals surface area contributed by atoms with Crippen LogP contribution < -0.4 is 4.74 Å². The molecule has 136 valence electrons. The number of ether oxygens (including phenoxy) is 1. The quantitative estimate of drug-likeness (QED) is 0.557. The molecule has 1 heterocycles. The van der Waals surface area contributed by atoms with E-state index in [1.807, 2.05) is 61.2 Å². The number of ketones is 1. The summed E-state index contributed by atoms with van der Waals surface area (Å²) in [4.78, 5) is 14.8. The molecule has 0 aliphatic carbocycles. The maximum atomic E-state index is 12.3. The number of carbonyl (C=O) groups excluding carboxylic acids is 1. The second-order valence-electron chi connectivity index (χ2n) is 6.52. The van der Waals surface area contributed by atoms with Crippen molar-refractivity contribution in [1.29, 1.82) is 0 Å². The number of allylic oxidation sites excluding steroid dienone is 1. The number of methoxy groups -OCH3 is 1. The molecule has 2 aromatic carbocycles. The highest BCUT2D eigenvalue weighted by Gasteiger charge is 2.13. The zero-order valence-electron chi connectivity index (χ0n) is 15.4. The Morgan fingerprint density at radius 3 is 2.58 bits per heavy atom. The Bertz CT molecular complexity index is 777. The zero-order chi connectivity index (χ0) is 18.4. The van der Waals surface area contributed by atoms with Gasteiger partial charge in [0.25, 0.3) is 0 Å². The van der Waals surface area contributed by atoms with E-state index in [0.717, 1.165) is 36.5 Å². The number of nitrogens with zero attached hydrogens (tertiary/aromatic N) is 1. The van der Waals surface area contributed by atoms with Gasteiger partial charge in [0.15, 0.2) is 5.78 Å². The fourth-order valence-corrected chi connectivity index (χ4v) is 3.99. The number of hydrogen-bond donors (Lipinski definition) is 0. The minimum atomic E-state index is 0.0235. The predicted octanol–water partition coefficient (Wildman–Crippen LogP) is 4.45. The van der Waals surface area contributed by atoms with Crippen molar-refractivity contribution >= 4 is 23.6 Å². The van der Waals surface area contributed by atoms with Crippen LogP contribution in [0.1, 0.15) is 27.0 Å². The van der Waals surface area contributed by atoms with E-state index in [4.69, 9.17) is 4.74 Å². The fourth-order valence-electron chi connectivity index (χ4n) is 3.01. The summed E-state index contributed by atoms with van der Waals surface area (Å²) in [6, 6.07) is 13.8. The van der Waals surface area contributed by atoms with Gasteiger partial charge < -0.3 is 4.74 Å². The molecule has 0 aromatic heterocycles. The van der Waals surface area contributed by atoms with Gasteiger partial charge in [-0.05, 0) is 30.7 Å². The molecule has 26 heavy (non-hydrogen) atoms. The molecule has 3 rings (SSSR count). The van der Waals surface area contributed by atoms with Gasteiger partial charge in [0.1, 0.15) is 5.75 Å². The standard InChI is InChI=1S/C22H25NO2S/c1-17-3-7-19(8-4-17)21(24)9-5-18-6-10-22(25-2)20(15-18)16-23-11-13-26-14-12-23/h3-10,15H,11-14,16H2,1-2H3/b9-5+.